The Morgan fingerprint density at radius 1 is 1.24 bits per heavy atom. The first-order valence-electron chi connectivity index (χ1n) is 7.17. The second kappa shape index (κ2) is 8.42. The molecule has 0 unspecified atom stereocenters. The van der Waals surface area contributed by atoms with Gasteiger partial charge in [0.2, 0.25) is 5.91 Å². The number of benzene rings is 1. The number of rotatable bonds is 7. The van der Waals surface area contributed by atoms with E-state index in [9.17, 15) is 9.59 Å². The summed E-state index contributed by atoms with van der Waals surface area (Å²) in [6.07, 6.45) is 0. The molecule has 0 aliphatic carbocycles. The SMILES string of the molecule is CCOC(=O)CN(C)CC(=O)Nc1ccccc1C(C)C. The molecule has 5 heteroatoms. The fourth-order valence-electron chi connectivity index (χ4n) is 2.03. The second-order valence-corrected chi connectivity index (χ2v) is 5.27. The van der Waals surface area contributed by atoms with Crippen LogP contribution < -0.4 is 5.32 Å². The number of anilines is 1. The fraction of sp³-hybridized carbons (Fsp3) is 0.500. The third kappa shape index (κ3) is 5.95. The molecule has 0 saturated heterocycles. The molecule has 1 aromatic rings. The minimum atomic E-state index is -0.324. The Hall–Kier alpha value is -1.88. The predicted octanol–water partition coefficient (Wildman–Crippen LogP) is 2.24. The number of likely N-dealkylation sites (N-methyl/N-ethyl adjacent to an activating group) is 1. The van der Waals surface area contributed by atoms with Crippen molar-refractivity contribution in [3.8, 4) is 0 Å². The first-order valence-corrected chi connectivity index (χ1v) is 7.17. The van der Waals surface area contributed by atoms with Crippen molar-refractivity contribution in [1.82, 2.24) is 4.90 Å². The molecule has 0 radical (unpaired) electrons. The number of para-hydroxylation sites is 1. The average molecular weight is 292 g/mol. The highest BCUT2D eigenvalue weighted by Gasteiger charge is 2.13. The van der Waals surface area contributed by atoms with Crippen LogP contribution in [0.5, 0.6) is 0 Å². The molecule has 0 fully saturated rings. The number of nitrogens with zero attached hydrogens (tertiary/aromatic N) is 1. The van der Waals surface area contributed by atoms with Crippen molar-refractivity contribution in [3.63, 3.8) is 0 Å². The zero-order valence-corrected chi connectivity index (χ0v) is 13.2. The lowest BCUT2D eigenvalue weighted by Crippen LogP contribution is -2.34. The van der Waals surface area contributed by atoms with Crippen LogP contribution in [0.25, 0.3) is 0 Å². The van der Waals surface area contributed by atoms with Crippen LogP contribution in [0.3, 0.4) is 0 Å². The van der Waals surface area contributed by atoms with Gasteiger partial charge in [0.1, 0.15) is 0 Å². The molecular formula is C16H24N2O3. The summed E-state index contributed by atoms with van der Waals surface area (Å²) in [4.78, 5) is 25.0. The summed E-state index contributed by atoms with van der Waals surface area (Å²) >= 11 is 0. The van der Waals surface area contributed by atoms with Gasteiger partial charge in [0.05, 0.1) is 19.7 Å². The van der Waals surface area contributed by atoms with Crippen LogP contribution in [0.4, 0.5) is 5.69 Å². The lowest BCUT2D eigenvalue weighted by molar-refractivity contribution is -0.144. The molecule has 5 nitrogen and oxygen atoms in total. The maximum Gasteiger partial charge on any atom is 0.320 e. The summed E-state index contributed by atoms with van der Waals surface area (Å²) < 4.78 is 4.85. The van der Waals surface area contributed by atoms with Gasteiger partial charge < -0.3 is 10.1 Å². The molecule has 1 amide bonds. The Morgan fingerprint density at radius 2 is 1.90 bits per heavy atom. The van der Waals surface area contributed by atoms with E-state index in [0.29, 0.717) is 12.5 Å². The smallest absolute Gasteiger partial charge is 0.320 e. The highest BCUT2D eigenvalue weighted by molar-refractivity contribution is 5.93. The molecule has 0 bridgehead atoms. The lowest BCUT2D eigenvalue weighted by Gasteiger charge is -2.17. The second-order valence-electron chi connectivity index (χ2n) is 5.27. The summed E-state index contributed by atoms with van der Waals surface area (Å²) in [5.74, 6) is -0.135. The lowest BCUT2D eigenvalue weighted by atomic mass is 10.0. The molecule has 116 valence electrons. The van der Waals surface area contributed by atoms with E-state index < -0.39 is 0 Å². The van der Waals surface area contributed by atoms with Crippen LogP contribution in [-0.2, 0) is 14.3 Å². The summed E-state index contributed by atoms with van der Waals surface area (Å²) in [7, 11) is 1.71. The highest BCUT2D eigenvalue weighted by Crippen LogP contribution is 2.23. The highest BCUT2D eigenvalue weighted by atomic mass is 16.5. The molecule has 21 heavy (non-hydrogen) atoms. The molecule has 0 heterocycles. The number of amides is 1. The largest absolute Gasteiger partial charge is 0.465 e. The summed E-state index contributed by atoms with van der Waals surface area (Å²) in [6, 6.07) is 7.74. The van der Waals surface area contributed by atoms with Gasteiger partial charge in [-0.3, -0.25) is 14.5 Å². The molecule has 1 N–H and O–H groups in total. The fourth-order valence-corrected chi connectivity index (χ4v) is 2.03. The monoisotopic (exact) mass is 292 g/mol. The van der Waals surface area contributed by atoms with E-state index in [1.54, 1.807) is 18.9 Å². The zero-order chi connectivity index (χ0) is 15.8. The first kappa shape index (κ1) is 17.2. The number of esters is 1. The van der Waals surface area contributed by atoms with Crippen molar-refractivity contribution in [3.05, 3.63) is 29.8 Å². The van der Waals surface area contributed by atoms with Crippen LogP contribution >= 0.6 is 0 Å². The van der Waals surface area contributed by atoms with Gasteiger partial charge in [-0.15, -0.1) is 0 Å². The van der Waals surface area contributed by atoms with Crippen LogP contribution in [-0.4, -0.2) is 43.5 Å². The topological polar surface area (TPSA) is 58.6 Å². The normalized spacial score (nSPS) is 10.8. The zero-order valence-electron chi connectivity index (χ0n) is 13.2. The van der Waals surface area contributed by atoms with Crippen molar-refractivity contribution in [2.75, 3.05) is 32.1 Å². The van der Waals surface area contributed by atoms with Gasteiger partial charge in [-0.25, -0.2) is 0 Å². The van der Waals surface area contributed by atoms with Crippen molar-refractivity contribution >= 4 is 17.6 Å². The number of carbonyl (C=O) groups excluding carboxylic acids is 2. The minimum absolute atomic E-state index is 0.104. The Kier molecular flexibility index (Phi) is 6.88. The van der Waals surface area contributed by atoms with Crippen LogP contribution in [0, 0.1) is 0 Å². The average Bonchev–Trinajstić information content (AvgIpc) is 2.38. The molecule has 0 aliphatic rings. The van der Waals surface area contributed by atoms with Gasteiger partial charge in [-0.2, -0.15) is 0 Å². The van der Waals surface area contributed by atoms with Gasteiger partial charge in [-0.1, -0.05) is 32.0 Å². The van der Waals surface area contributed by atoms with Crippen LogP contribution in [0.15, 0.2) is 24.3 Å². The standard InChI is InChI=1S/C16H24N2O3/c1-5-21-16(20)11-18(4)10-15(19)17-14-9-7-6-8-13(14)12(2)3/h6-9,12H,5,10-11H2,1-4H3,(H,17,19). The van der Waals surface area contributed by atoms with E-state index in [0.717, 1.165) is 11.3 Å². The minimum Gasteiger partial charge on any atom is -0.465 e. The van der Waals surface area contributed by atoms with Crippen molar-refractivity contribution in [2.45, 2.75) is 26.7 Å². The molecule has 0 atom stereocenters. The molecule has 0 saturated carbocycles. The van der Waals surface area contributed by atoms with Crippen molar-refractivity contribution in [1.29, 1.82) is 0 Å². The van der Waals surface area contributed by atoms with Gasteiger partial charge in [-0.05, 0) is 31.5 Å². The maximum absolute atomic E-state index is 12.0. The number of hydrogen-bond donors (Lipinski definition) is 1. The van der Waals surface area contributed by atoms with Gasteiger partial charge in [0.15, 0.2) is 0 Å². The Morgan fingerprint density at radius 3 is 2.52 bits per heavy atom. The number of hydrogen-bond acceptors (Lipinski definition) is 4. The Labute approximate surface area is 126 Å². The maximum atomic E-state index is 12.0. The van der Waals surface area contributed by atoms with E-state index in [-0.39, 0.29) is 25.0 Å². The molecule has 0 aromatic heterocycles. The molecule has 0 aliphatic heterocycles. The number of nitrogens with one attached hydrogen (secondary N) is 1. The van der Waals surface area contributed by atoms with Crippen molar-refractivity contribution < 1.29 is 14.3 Å². The first-order chi connectivity index (χ1) is 9.93. The van der Waals surface area contributed by atoms with E-state index in [1.165, 1.54) is 0 Å². The van der Waals surface area contributed by atoms with Crippen LogP contribution in [0.1, 0.15) is 32.3 Å². The van der Waals surface area contributed by atoms with Gasteiger partial charge >= 0.3 is 5.97 Å². The quantitative estimate of drug-likeness (QED) is 0.783. The van der Waals surface area contributed by atoms with Gasteiger partial charge in [0, 0.05) is 5.69 Å². The van der Waals surface area contributed by atoms with E-state index in [4.69, 9.17) is 4.74 Å². The van der Waals surface area contributed by atoms with E-state index in [1.807, 2.05) is 24.3 Å². The van der Waals surface area contributed by atoms with E-state index >= 15 is 0 Å². The Bertz CT molecular complexity index is 486. The van der Waals surface area contributed by atoms with Gasteiger partial charge in [0.25, 0.3) is 0 Å². The summed E-state index contributed by atoms with van der Waals surface area (Å²) in [5, 5.41) is 2.90. The van der Waals surface area contributed by atoms with E-state index in [2.05, 4.69) is 19.2 Å². The summed E-state index contributed by atoms with van der Waals surface area (Å²) in [6.45, 7) is 6.52. The Balaban J connectivity index is 2.56. The van der Waals surface area contributed by atoms with Crippen molar-refractivity contribution in [2.24, 2.45) is 0 Å². The van der Waals surface area contributed by atoms with Crippen LogP contribution in [0.2, 0.25) is 0 Å². The predicted molar refractivity (Wildman–Crippen MR) is 83.3 cm³/mol. The third-order valence-corrected chi connectivity index (χ3v) is 2.97. The molecule has 1 rings (SSSR count). The molecular weight excluding hydrogens is 268 g/mol. The molecule has 0 spiro atoms. The third-order valence-electron chi connectivity index (χ3n) is 2.97. The summed E-state index contributed by atoms with van der Waals surface area (Å²) in [5.41, 5.74) is 1.92. The molecule has 1 aromatic carbocycles. The number of carbonyl (C=O) groups is 2. The number of ether oxygens (including phenoxy) is 1.